The van der Waals surface area contributed by atoms with Gasteiger partial charge in [0, 0.05) is 5.69 Å². The molecule has 0 aliphatic carbocycles. The van der Waals surface area contributed by atoms with Gasteiger partial charge in [0.2, 0.25) is 0 Å². The van der Waals surface area contributed by atoms with Crippen molar-refractivity contribution in [2.75, 3.05) is 36.4 Å². The van der Waals surface area contributed by atoms with Gasteiger partial charge in [0.25, 0.3) is 5.91 Å². The molecule has 0 spiro atoms. The van der Waals surface area contributed by atoms with Gasteiger partial charge in [0.05, 0.1) is 36.9 Å². The van der Waals surface area contributed by atoms with Crippen molar-refractivity contribution < 1.29 is 9.69 Å². The van der Waals surface area contributed by atoms with E-state index in [9.17, 15) is 4.79 Å². The summed E-state index contributed by atoms with van der Waals surface area (Å²) < 4.78 is 0. The lowest BCUT2D eigenvalue weighted by Gasteiger charge is -2.36. The van der Waals surface area contributed by atoms with Gasteiger partial charge >= 0.3 is 0 Å². The fraction of sp³-hybridized carbons (Fsp3) is 0.316. The predicted molar refractivity (Wildman–Crippen MR) is 98.9 cm³/mol. The van der Waals surface area contributed by atoms with Crippen molar-refractivity contribution >= 4 is 28.9 Å². The van der Waals surface area contributed by atoms with E-state index in [2.05, 4.69) is 16.3 Å². The van der Waals surface area contributed by atoms with Crippen molar-refractivity contribution in [3.8, 4) is 0 Å². The molecule has 24 heavy (non-hydrogen) atoms. The molecule has 126 valence electrons. The molecule has 5 heteroatoms. The van der Waals surface area contributed by atoms with Crippen LogP contribution in [-0.4, -0.2) is 38.1 Å². The summed E-state index contributed by atoms with van der Waals surface area (Å²) in [4.78, 5) is 16.1. The van der Waals surface area contributed by atoms with Crippen LogP contribution >= 0.6 is 11.6 Å². The van der Waals surface area contributed by atoms with Crippen LogP contribution in [0.5, 0.6) is 0 Å². The normalized spacial score (nSPS) is 16.7. The molecule has 1 aliphatic heterocycles. The Morgan fingerprint density at radius 3 is 2.38 bits per heavy atom. The molecule has 1 saturated heterocycles. The molecular formula is C19H23ClN3O+. The number of rotatable bonds is 4. The number of nitrogens with one attached hydrogen (secondary N) is 2. The minimum absolute atomic E-state index is 0.0707. The number of amides is 1. The fourth-order valence-electron chi connectivity index (χ4n) is 3.13. The second kappa shape index (κ2) is 7.69. The monoisotopic (exact) mass is 344 g/mol. The van der Waals surface area contributed by atoms with E-state index in [0.29, 0.717) is 0 Å². The molecule has 0 radical (unpaired) electrons. The summed E-state index contributed by atoms with van der Waals surface area (Å²) >= 11 is 6.28. The zero-order chi connectivity index (χ0) is 16.9. The van der Waals surface area contributed by atoms with Gasteiger partial charge < -0.3 is 15.1 Å². The van der Waals surface area contributed by atoms with Crippen LogP contribution < -0.4 is 15.1 Å². The van der Waals surface area contributed by atoms with Crippen molar-refractivity contribution in [2.24, 2.45) is 0 Å². The van der Waals surface area contributed by atoms with Gasteiger partial charge in [-0.25, -0.2) is 0 Å². The quantitative estimate of drug-likeness (QED) is 0.891. The molecule has 0 saturated carbocycles. The third-order valence-electron chi connectivity index (χ3n) is 4.65. The number of anilines is 2. The second-order valence-corrected chi connectivity index (χ2v) is 6.58. The number of quaternary nitrogens is 1. The summed E-state index contributed by atoms with van der Waals surface area (Å²) in [5.74, 6) is 0.0717. The molecule has 0 bridgehead atoms. The van der Waals surface area contributed by atoms with E-state index in [4.69, 9.17) is 11.6 Å². The van der Waals surface area contributed by atoms with E-state index < -0.39 is 0 Å². The molecule has 2 aromatic carbocycles. The molecule has 1 fully saturated rings. The van der Waals surface area contributed by atoms with Gasteiger partial charge in [-0.3, -0.25) is 4.79 Å². The lowest BCUT2D eigenvalue weighted by atomic mass is 10.2. The van der Waals surface area contributed by atoms with Crippen molar-refractivity contribution in [1.29, 1.82) is 0 Å². The SMILES string of the molecule is C[C@@H](C(=O)Nc1ccccc1)[NH+]1CCN(c2ccccc2Cl)CC1. The number of halogens is 1. The number of nitrogens with zero attached hydrogens (tertiary/aromatic N) is 1. The smallest absolute Gasteiger partial charge is 0.282 e. The highest BCUT2D eigenvalue weighted by molar-refractivity contribution is 6.33. The van der Waals surface area contributed by atoms with Gasteiger partial charge in [-0.2, -0.15) is 0 Å². The Hall–Kier alpha value is -2.04. The van der Waals surface area contributed by atoms with E-state index >= 15 is 0 Å². The Balaban J connectivity index is 1.56. The molecular weight excluding hydrogens is 322 g/mol. The minimum Gasteiger partial charge on any atom is -0.359 e. The molecule has 1 heterocycles. The molecule has 1 amide bonds. The molecule has 1 atom stereocenters. The van der Waals surface area contributed by atoms with Gasteiger partial charge in [-0.1, -0.05) is 41.9 Å². The van der Waals surface area contributed by atoms with Gasteiger partial charge in [0.15, 0.2) is 6.04 Å². The third-order valence-corrected chi connectivity index (χ3v) is 4.97. The molecule has 0 unspecified atom stereocenters. The Bertz CT molecular complexity index is 684. The fourth-order valence-corrected chi connectivity index (χ4v) is 3.39. The summed E-state index contributed by atoms with van der Waals surface area (Å²) in [5, 5.41) is 3.78. The van der Waals surface area contributed by atoms with Crippen LogP contribution in [0.25, 0.3) is 0 Å². The summed E-state index contributed by atoms with van der Waals surface area (Å²) in [6.45, 7) is 5.66. The number of para-hydroxylation sites is 2. The zero-order valence-corrected chi connectivity index (χ0v) is 14.6. The van der Waals surface area contributed by atoms with Crippen molar-refractivity contribution in [1.82, 2.24) is 0 Å². The van der Waals surface area contributed by atoms with Crippen LogP contribution in [0, 0.1) is 0 Å². The number of carbonyl (C=O) groups is 1. The highest BCUT2D eigenvalue weighted by Gasteiger charge is 2.29. The maximum atomic E-state index is 12.5. The highest BCUT2D eigenvalue weighted by atomic mass is 35.5. The summed E-state index contributed by atoms with van der Waals surface area (Å²) in [5.41, 5.74) is 1.93. The van der Waals surface area contributed by atoms with Crippen LogP contribution in [0.2, 0.25) is 5.02 Å². The molecule has 2 N–H and O–H groups in total. The first-order valence-corrected chi connectivity index (χ1v) is 8.73. The van der Waals surface area contributed by atoms with Crippen molar-refractivity contribution in [2.45, 2.75) is 13.0 Å². The standard InChI is InChI=1S/C19H22ClN3O/c1-15(19(24)21-16-7-3-2-4-8-16)22-11-13-23(14-12-22)18-10-6-5-9-17(18)20/h2-10,15H,11-14H2,1H3,(H,21,24)/p+1/t15-/m0/s1. The summed E-state index contributed by atoms with van der Waals surface area (Å²) in [6, 6.07) is 17.5. The Labute approximate surface area is 148 Å². The van der Waals surface area contributed by atoms with Crippen molar-refractivity contribution in [3.05, 3.63) is 59.6 Å². The molecule has 4 nitrogen and oxygen atoms in total. The van der Waals surface area contributed by atoms with Crippen LogP contribution in [0.1, 0.15) is 6.92 Å². The first-order valence-electron chi connectivity index (χ1n) is 8.35. The van der Waals surface area contributed by atoms with E-state index in [1.165, 1.54) is 4.90 Å². The van der Waals surface area contributed by atoms with Crippen LogP contribution in [0.3, 0.4) is 0 Å². The molecule has 0 aromatic heterocycles. The zero-order valence-electron chi connectivity index (χ0n) is 13.8. The minimum atomic E-state index is -0.0707. The van der Waals surface area contributed by atoms with Crippen LogP contribution in [0.15, 0.2) is 54.6 Å². The Kier molecular flexibility index (Phi) is 5.38. The predicted octanol–water partition coefficient (Wildman–Crippen LogP) is 2.07. The third kappa shape index (κ3) is 3.89. The van der Waals surface area contributed by atoms with E-state index in [1.54, 1.807) is 0 Å². The second-order valence-electron chi connectivity index (χ2n) is 6.17. The highest BCUT2D eigenvalue weighted by Crippen LogP contribution is 2.24. The van der Waals surface area contributed by atoms with E-state index in [1.807, 2.05) is 55.5 Å². The first-order chi connectivity index (χ1) is 11.6. The summed E-state index contributed by atoms with van der Waals surface area (Å²) in [6.07, 6.45) is 0. The molecule has 3 rings (SSSR count). The van der Waals surface area contributed by atoms with Gasteiger partial charge in [0.1, 0.15) is 0 Å². The number of carbonyl (C=O) groups excluding carboxylic acids is 1. The van der Waals surface area contributed by atoms with Gasteiger partial charge in [-0.05, 0) is 31.2 Å². The van der Waals surface area contributed by atoms with E-state index in [-0.39, 0.29) is 11.9 Å². The average molecular weight is 345 g/mol. The van der Waals surface area contributed by atoms with Gasteiger partial charge in [-0.15, -0.1) is 0 Å². The number of piperazine rings is 1. The maximum absolute atomic E-state index is 12.5. The first kappa shape index (κ1) is 16.8. The van der Waals surface area contributed by atoms with Crippen LogP contribution in [-0.2, 0) is 4.79 Å². The average Bonchev–Trinajstić information content (AvgIpc) is 2.62. The summed E-state index contributed by atoms with van der Waals surface area (Å²) in [7, 11) is 0. The molecule has 2 aromatic rings. The lowest BCUT2D eigenvalue weighted by Crippen LogP contribution is -3.19. The molecule has 1 aliphatic rings. The number of hydrogen-bond acceptors (Lipinski definition) is 2. The maximum Gasteiger partial charge on any atom is 0.282 e. The van der Waals surface area contributed by atoms with Crippen LogP contribution in [0.4, 0.5) is 11.4 Å². The number of hydrogen-bond donors (Lipinski definition) is 2. The number of benzene rings is 2. The van der Waals surface area contributed by atoms with E-state index in [0.717, 1.165) is 42.6 Å². The largest absolute Gasteiger partial charge is 0.359 e. The Morgan fingerprint density at radius 2 is 1.71 bits per heavy atom. The Morgan fingerprint density at radius 1 is 1.08 bits per heavy atom. The topological polar surface area (TPSA) is 36.8 Å². The van der Waals surface area contributed by atoms with Crippen molar-refractivity contribution in [3.63, 3.8) is 0 Å². The lowest BCUT2D eigenvalue weighted by molar-refractivity contribution is -0.914.